The first kappa shape index (κ1) is 25.7. The summed E-state index contributed by atoms with van der Waals surface area (Å²) in [6, 6.07) is 0. The quantitative estimate of drug-likeness (QED) is 0.232. The van der Waals surface area contributed by atoms with Crippen LogP contribution in [0.1, 0.15) is 79.6 Å². The second-order valence-electron chi connectivity index (χ2n) is 8.77. The minimum atomic E-state index is -0.835. The molecule has 4 nitrogen and oxygen atoms in total. The third-order valence-corrected chi connectivity index (χ3v) is 5.44. The van der Waals surface area contributed by atoms with Crippen LogP contribution in [0, 0.1) is 5.41 Å². The van der Waals surface area contributed by atoms with Crippen molar-refractivity contribution in [1.29, 1.82) is 0 Å². The summed E-state index contributed by atoms with van der Waals surface area (Å²) in [4.78, 5) is 22.0. The average molecular weight is 415 g/mol. The Labute approximate surface area is 182 Å². The van der Waals surface area contributed by atoms with E-state index in [0.717, 1.165) is 5.57 Å². The minimum Gasteiger partial charge on any atom is -0.481 e. The zero-order chi connectivity index (χ0) is 22.6. The number of esters is 1. The molecule has 1 rings (SSSR count). The minimum absolute atomic E-state index is 0.0914. The third kappa shape index (κ3) is 10.4. The molecular weight excluding hydrogens is 376 g/mol. The number of ether oxygens (including phenoxy) is 1. The highest BCUT2D eigenvalue weighted by Crippen LogP contribution is 2.40. The van der Waals surface area contributed by atoms with Crippen LogP contribution in [0.3, 0.4) is 0 Å². The Morgan fingerprint density at radius 1 is 1.10 bits per heavy atom. The SMILES string of the molecule is CC1=C(/C=C/C(C)=C/C=C/C(C)=C/COC(=O)CCCCC(=O)O)C(C)(C)CCC1. The molecule has 0 unspecified atom stereocenters. The molecule has 0 saturated carbocycles. The van der Waals surface area contributed by atoms with Gasteiger partial charge in [0.05, 0.1) is 0 Å². The summed E-state index contributed by atoms with van der Waals surface area (Å²) in [5.74, 6) is -1.12. The molecule has 0 amide bonds. The van der Waals surface area contributed by atoms with Gasteiger partial charge in [0, 0.05) is 12.8 Å². The van der Waals surface area contributed by atoms with Crippen LogP contribution in [0.15, 0.2) is 58.7 Å². The molecule has 0 atom stereocenters. The number of allylic oxidation sites excluding steroid dienone is 9. The first-order chi connectivity index (χ1) is 14.1. The molecule has 30 heavy (non-hydrogen) atoms. The van der Waals surface area contributed by atoms with Gasteiger partial charge in [-0.3, -0.25) is 9.59 Å². The van der Waals surface area contributed by atoms with Crippen molar-refractivity contribution >= 4 is 11.9 Å². The van der Waals surface area contributed by atoms with E-state index in [2.05, 4.69) is 45.9 Å². The number of carbonyl (C=O) groups excluding carboxylic acids is 1. The molecule has 0 spiro atoms. The van der Waals surface area contributed by atoms with Crippen LogP contribution < -0.4 is 0 Å². The number of carbonyl (C=O) groups is 2. The number of aliphatic carboxylic acids is 1. The molecule has 0 fully saturated rings. The summed E-state index contributed by atoms with van der Waals surface area (Å²) < 4.78 is 5.15. The second kappa shape index (κ2) is 13.0. The van der Waals surface area contributed by atoms with Crippen LogP contribution in [0.25, 0.3) is 0 Å². The standard InChI is InChI=1S/C26H38O4/c1-20(15-16-23-22(3)12-9-18-26(23,4)5)10-8-11-21(2)17-19-30-25(29)14-7-6-13-24(27)28/h8,10-11,15-17H,6-7,9,12-14,18-19H2,1-5H3,(H,27,28)/b11-8+,16-15+,20-10+,21-17+. The van der Waals surface area contributed by atoms with E-state index >= 15 is 0 Å². The topological polar surface area (TPSA) is 63.6 Å². The summed E-state index contributed by atoms with van der Waals surface area (Å²) in [7, 11) is 0. The van der Waals surface area contributed by atoms with Gasteiger partial charge in [-0.2, -0.15) is 0 Å². The van der Waals surface area contributed by atoms with Crippen molar-refractivity contribution in [3.63, 3.8) is 0 Å². The van der Waals surface area contributed by atoms with E-state index in [9.17, 15) is 9.59 Å². The number of hydrogen-bond acceptors (Lipinski definition) is 3. The Bertz CT molecular complexity index is 745. The van der Waals surface area contributed by atoms with Crippen molar-refractivity contribution < 1.29 is 19.4 Å². The molecule has 1 aliphatic carbocycles. The van der Waals surface area contributed by atoms with Gasteiger partial charge in [0.15, 0.2) is 0 Å². The summed E-state index contributed by atoms with van der Waals surface area (Å²) in [5.41, 5.74) is 5.43. The molecule has 1 N–H and O–H groups in total. The maximum atomic E-state index is 11.6. The van der Waals surface area contributed by atoms with Crippen LogP contribution in [-0.2, 0) is 14.3 Å². The molecule has 4 heteroatoms. The highest BCUT2D eigenvalue weighted by molar-refractivity contribution is 5.69. The molecule has 0 aromatic rings. The van der Waals surface area contributed by atoms with Crippen molar-refractivity contribution in [2.24, 2.45) is 5.41 Å². The van der Waals surface area contributed by atoms with Crippen molar-refractivity contribution in [2.45, 2.75) is 79.6 Å². The first-order valence-electron chi connectivity index (χ1n) is 10.9. The van der Waals surface area contributed by atoms with Crippen LogP contribution in [0.2, 0.25) is 0 Å². The van der Waals surface area contributed by atoms with Gasteiger partial charge in [-0.1, -0.05) is 60.9 Å². The van der Waals surface area contributed by atoms with E-state index in [-0.39, 0.29) is 30.8 Å². The first-order valence-corrected chi connectivity index (χ1v) is 10.9. The molecule has 0 bridgehead atoms. The fourth-order valence-corrected chi connectivity index (χ4v) is 3.58. The zero-order valence-electron chi connectivity index (χ0n) is 19.3. The lowest BCUT2D eigenvalue weighted by molar-refractivity contribution is -0.143. The number of unbranched alkanes of at least 4 members (excludes halogenated alkanes) is 1. The lowest BCUT2D eigenvalue weighted by Gasteiger charge is -2.32. The fraction of sp³-hybridized carbons (Fsp3) is 0.538. The summed E-state index contributed by atoms with van der Waals surface area (Å²) in [6.07, 6.45) is 17.5. The highest BCUT2D eigenvalue weighted by Gasteiger charge is 2.26. The molecular formula is C26H38O4. The Morgan fingerprint density at radius 2 is 1.80 bits per heavy atom. The largest absolute Gasteiger partial charge is 0.481 e. The molecule has 0 aromatic heterocycles. The summed E-state index contributed by atoms with van der Waals surface area (Å²) in [6.45, 7) is 11.2. The van der Waals surface area contributed by atoms with Crippen molar-refractivity contribution in [3.05, 3.63) is 58.7 Å². The van der Waals surface area contributed by atoms with E-state index in [1.54, 1.807) is 0 Å². The number of carboxylic acids is 1. The predicted molar refractivity (Wildman–Crippen MR) is 123 cm³/mol. The lowest BCUT2D eigenvalue weighted by atomic mass is 9.72. The number of rotatable bonds is 11. The highest BCUT2D eigenvalue weighted by atomic mass is 16.5. The molecule has 0 heterocycles. The zero-order valence-corrected chi connectivity index (χ0v) is 19.3. The Balaban J connectivity index is 2.44. The monoisotopic (exact) mass is 414 g/mol. The Morgan fingerprint density at radius 3 is 2.47 bits per heavy atom. The summed E-state index contributed by atoms with van der Waals surface area (Å²) in [5, 5.41) is 8.57. The van der Waals surface area contributed by atoms with Crippen LogP contribution in [0.5, 0.6) is 0 Å². The smallest absolute Gasteiger partial charge is 0.306 e. The molecule has 0 aliphatic heterocycles. The van der Waals surface area contributed by atoms with Gasteiger partial charge >= 0.3 is 11.9 Å². The molecule has 0 saturated heterocycles. The molecule has 1 aliphatic rings. The number of carboxylic acid groups (broad SMARTS) is 1. The van der Waals surface area contributed by atoms with Gasteiger partial charge in [-0.05, 0) is 69.9 Å². The third-order valence-electron chi connectivity index (χ3n) is 5.44. The molecule has 0 radical (unpaired) electrons. The van der Waals surface area contributed by atoms with Crippen LogP contribution in [-0.4, -0.2) is 23.7 Å². The van der Waals surface area contributed by atoms with Gasteiger partial charge in [-0.25, -0.2) is 0 Å². The number of hydrogen-bond donors (Lipinski definition) is 1. The Kier molecular flexibility index (Phi) is 11.2. The van der Waals surface area contributed by atoms with Crippen LogP contribution in [0.4, 0.5) is 0 Å². The van der Waals surface area contributed by atoms with E-state index in [1.807, 2.05) is 25.2 Å². The lowest BCUT2D eigenvalue weighted by Crippen LogP contribution is -2.19. The van der Waals surface area contributed by atoms with E-state index in [0.29, 0.717) is 12.8 Å². The normalized spacial score (nSPS) is 17.8. The average Bonchev–Trinajstić information content (AvgIpc) is 2.64. The maximum absolute atomic E-state index is 11.6. The van der Waals surface area contributed by atoms with Gasteiger partial charge in [0.1, 0.15) is 6.61 Å². The van der Waals surface area contributed by atoms with Gasteiger partial charge in [0.25, 0.3) is 0 Å². The second-order valence-corrected chi connectivity index (χ2v) is 8.77. The fourth-order valence-electron chi connectivity index (χ4n) is 3.58. The predicted octanol–water partition coefficient (Wildman–Crippen LogP) is 6.71. The van der Waals surface area contributed by atoms with Crippen molar-refractivity contribution in [2.75, 3.05) is 6.61 Å². The van der Waals surface area contributed by atoms with E-state index in [1.165, 1.54) is 36.0 Å². The van der Waals surface area contributed by atoms with Gasteiger partial charge in [-0.15, -0.1) is 0 Å². The Hall–Kier alpha value is -2.36. The van der Waals surface area contributed by atoms with Gasteiger partial charge < -0.3 is 9.84 Å². The van der Waals surface area contributed by atoms with Crippen molar-refractivity contribution in [1.82, 2.24) is 0 Å². The maximum Gasteiger partial charge on any atom is 0.306 e. The van der Waals surface area contributed by atoms with Crippen LogP contribution >= 0.6 is 0 Å². The molecule has 166 valence electrons. The van der Waals surface area contributed by atoms with Crippen molar-refractivity contribution in [3.8, 4) is 0 Å². The molecule has 0 aromatic carbocycles. The van der Waals surface area contributed by atoms with E-state index in [4.69, 9.17) is 9.84 Å². The van der Waals surface area contributed by atoms with E-state index < -0.39 is 5.97 Å². The summed E-state index contributed by atoms with van der Waals surface area (Å²) >= 11 is 0. The van der Waals surface area contributed by atoms with Gasteiger partial charge in [0.2, 0.25) is 0 Å².